The molecule has 0 saturated heterocycles. The maximum atomic E-state index is 11.7. The average Bonchev–Trinajstić information content (AvgIpc) is 2.70. The second kappa shape index (κ2) is 10.3. The monoisotopic (exact) mass is 386 g/mol. The topological polar surface area (TPSA) is 71.1 Å². The number of hydrogen-bond acceptors (Lipinski definition) is 6. The molecule has 0 bridgehead atoms. The molecule has 0 heterocycles. The van der Waals surface area contributed by atoms with Crippen molar-refractivity contribution < 1.29 is 28.5 Å². The molecular formula is C22H26O6. The van der Waals surface area contributed by atoms with E-state index in [1.54, 1.807) is 18.2 Å². The van der Waals surface area contributed by atoms with Crippen molar-refractivity contribution in [2.75, 3.05) is 27.4 Å². The summed E-state index contributed by atoms with van der Waals surface area (Å²) in [6, 6.07) is 10.7. The lowest BCUT2D eigenvalue weighted by Crippen LogP contribution is -2.06. The predicted molar refractivity (Wildman–Crippen MR) is 105 cm³/mol. The van der Waals surface area contributed by atoms with Crippen molar-refractivity contribution in [1.82, 2.24) is 0 Å². The van der Waals surface area contributed by atoms with E-state index >= 15 is 0 Å². The molecule has 0 unspecified atom stereocenters. The molecule has 0 spiro atoms. The van der Waals surface area contributed by atoms with Gasteiger partial charge in [-0.15, -0.1) is 0 Å². The molecule has 0 atom stereocenters. The number of benzene rings is 2. The molecule has 150 valence electrons. The molecule has 0 saturated carbocycles. The average molecular weight is 386 g/mol. The first-order chi connectivity index (χ1) is 13.5. The van der Waals surface area contributed by atoms with Gasteiger partial charge >= 0.3 is 11.9 Å². The van der Waals surface area contributed by atoms with Gasteiger partial charge in [0.05, 0.1) is 38.6 Å². The van der Waals surface area contributed by atoms with Crippen LogP contribution in [-0.4, -0.2) is 39.4 Å². The summed E-state index contributed by atoms with van der Waals surface area (Å²) < 4.78 is 20.9. The van der Waals surface area contributed by atoms with E-state index in [0.29, 0.717) is 35.8 Å². The minimum absolute atomic E-state index is 0.354. The Bertz CT molecular complexity index is 828. The van der Waals surface area contributed by atoms with Gasteiger partial charge in [-0.25, -0.2) is 9.59 Å². The molecule has 0 fully saturated rings. The van der Waals surface area contributed by atoms with Crippen LogP contribution in [-0.2, 0) is 9.47 Å². The number of methoxy groups -OCH3 is 2. The van der Waals surface area contributed by atoms with E-state index < -0.39 is 0 Å². The highest BCUT2D eigenvalue weighted by Gasteiger charge is 2.11. The highest BCUT2D eigenvalue weighted by atomic mass is 16.5. The van der Waals surface area contributed by atoms with Crippen molar-refractivity contribution >= 4 is 11.9 Å². The number of carbonyl (C=O) groups is 2. The second-order valence-electron chi connectivity index (χ2n) is 6.34. The second-order valence-corrected chi connectivity index (χ2v) is 6.34. The van der Waals surface area contributed by atoms with Crippen LogP contribution in [0.25, 0.3) is 0 Å². The number of aryl methyl sites for hydroxylation is 2. The van der Waals surface area contributed by atoms with Gasteiger partial charge in [0, 0.05) is 0 Å². The summed E-state index contributed by atoms with van der Waals surface area (Å²) in [5.41, 5.74) is 2.70. The summed E-state index contributed by atoms with van der Waals surface area (Å²) in [4.78, 5) is 23.3. The Morgan fingerprint density at radius 1 is 0.714 bits per heavy atom. The number of carbonyl (C=O) groups excluding carboxylic acids is 2. The number of ether oxygens (including phenoxy) is 4. The van der Waals surface area contributed by atoms with E-state index in [4.69, 9.17) is 18.9 Å². The third-order valence-electron chi connectivity index (χ3n) is 4.29. The van der Waals surface area contributed by atoms with E-state index in [-0.39, 0.29) is 11.9 Å². The van der Waals surface area contributed by atoms with Crippen molar-refractivity contribution in [3.8, 4) is 11.5 Å². The Balaban J connectivity index is 1.75. The summed E-state index contributed by atoms with van der Waals surface area (Å²) in [7, 11) is 2.72. The van der Waals surface area contributed by atoms with Gasteiger partial charge in [0.15, 0.2) is 0 Å². The molecule has 0 aliphatic heterocycles. The van der Waals surface area contributed by atoms with Crippen LogP contribution in [0.3, 0.4) is 0 Å². The van der Waals surface area contributed by atoms with Crippen LogP contribution in [0.4, 0.5) is 0 Å². The van der Waals surface area contributed by atoms with Gasteiger partial charge in [0.1, 0.15) is 11.5 Å². The Morgan fingerprint density at radius 2 is 1.25 bits per heavy atom. The van der Waals surface area contributed by atoms with Crippen LogP contribution < -0.4 is 9.47 Å². The lowest BCUT2D eigenvalue weighted by Gasteiger charge is -2.11. The Hall–Kier alpha value is -3.02. The standard InChI is InChI=1S/C22H26O6/c1-15-7-8-18(14-20(15)22(24)26-4)28-12-6-5-11-27-17-9-10-19(16(2)13-17)21(23)25-3/h7-10,13-14H,5-6,11-12H2,1-4H3. The third kappa shape index (κ3) is 5.74. The fourth-order valence-corrected chi connectivity index (χ4v) is 2.67. The summed E-state index contributed by atoms with van der Waals surface area (Å²) in [6.45, 7) is 4.76. The van der Waals surface area contributed by atoms with Gasteiger partial charge < -0.3 is 18.9 Å². The highest BCUT2D eigenvalue weighted by Crippen LogP contribution is 2.20. The van der Waals surface area contributed by atoms with Crippen LogP contribution >= 0.6 is 0 Å². The maximum absolute atomic E-state index is 11.7. The van der Waals surface area contributed by atoms with Crippen LogP contribution in [0.15, 0.2) is 36.4 Å². The molecule has 2 rings (SSSR count). The molecule has 0 aliphatic rings. The molecule has 6 nitrogen and oxygen atoms in total. The number of unbranched alkanes of at least 4 members (excludes halogenated alkanes) is 1. The fraction of sp³-hybridized carbons (Fsp3) is 0.364. The van der Waals surface area contributed by atoms with Gasteiger partial charge in [-0.1, -0.05) is 6.07 Å². The van der Waals surface area contributed by atoms with E-state index in [9.17, 15) is 9.59 Å². The summed E-state index contributed by atoms with van der Waals surface area (Å²) in [5, 5.41) is 0. The van der Waals surface area contributed by atoms with E-state index in [1.165, 1.54) is 14.2 Å². The molecule has 6 heteroatoms. The normalized spacial score (nSPS) is 10.3. The Morgan fingerprint density at radius 3 is 1.82 bits per heavy atom. The van der Waals surface area contributed by atoms with Crippen molar-refractivity contribution in [2.24, 2.45) is 0 Å². The quantitative estimate of drug-likeness (QED) is 0.477. The minimum atomic E-state index is -0.370. The molecule has 2 aromatic rings. The van der Waals surface area contributed by atoms with Crippen molar-refractivity contribution in [3.05, 3.63) is 58.7 Å². The van der Waals surface area contributed by atoms with Crippen LogP contribution in [0, 0.1) is 13.8 Å². The van der Waals surface area contributed by atoms with E-state index in [0.717, 1.165) is 24.0 Å². The lowest BCUT2D eigenvalue weighted by atomic mass is 10.1. The molecule has 28 heavy (non-hydrogen) atoms. The lowest BCUT2D eigenvalue weighted by molar-refractivity contribution is 0.0590. The van der Waals surface area contributed by atoms with Crippen molar-refractivity contribution in [2.45, 2.75) is 26.7 Å². The zero-order chi connectivity index (χ0) is 20.5. The van der Waals surface area contributed by atoms with Gasteiger partial charge in [0.25, 0.3) is 0 Å². The molecule has 2 aromatic carbocycles. The van der Waals surface area contributed by atoms with Crippen LogP contribution in [0.2, 0.25) is 0 Å². The fourth-order valence-electron chi connectivity index (χ4n) is 2.67. The van der Waals surface area contributed by atoms with Crippen LogP contribution in [0.5, 0.6) is 11.5 Å². The van der Waals surface area contributed by atoms with Gasteiger partial charge in [-0.2, -0.15) is 0 Å². The molecule has 0 N–H and O–H groups in total. The SMILES string of the molecule is COC(=O)c1ccc(OCCCCOc2ccc(C)c(C(=O)OC)c2)cc1C. The number of hydrogen-bond donors (Lipinski definition) is 0. The zero-order valence-electron chi connectivity index (χ0n) is 16.7. The number of rotatable bonds is 9. The highest BCUT2D eigenvalue weighted by molar-refractivity contribution is 5.91. The van der Waals surface area contributed by atoms with Gasteiger partial charge in [-0.3, -0.25) is 0 Å². The summed E-state index contributed by atoms with van der Waals surface area (Å²) >= 11 is 0. The van der Waals surface area contributed by atoms with Gasteiger partial charge in [-0.05, 0) is 68.1 Å². The first-order valence-corrected chi connectivity index (χ1v) is 9.09. The predicted octanol–water partition coefficient (Wildman–Crippen LogP) is 4.11. The summed E-state index contributed by atoms with van der Waals surface area (Å²) in [6.07, 6.45) is 1.62. The Kier molecular flexibility index (Phi) is 7.87. The smallest absolute Gasteiger partial charge is 0.338 e. The van der Waals surface area contributed by atoms with E-state index in [2.05, 4.69) is 0 Å². The van der Waals surface area contributed by atoms with Crippen molar-refractivity contribution in [1.29, 1.82) is 0 Å². The zero-order valence-corrected chi connectivity index (χ0v) is 16.7. The van der Waals surface area contributed by atoms with E-state index in [1.807, 2.05) is 32.0 Å². The summed E-state index contributed by atoms with van der Waals surface area (Å²) in [5.74, 6) is 0.630. The first-order valence-electron chi connectivity index (χ1n) is 9.09. The molecule has 0 aliphatic carbocycles. The van der Waals surface area contributed by atoms with Gasteiger partial charge in [0.2, 0.25) is 0 Å². The molecule has 0 aromatic heterocycles. The maximum Gasteiger partial charge on any atom is 0.338 e. The van der Waals surface area contributed by atoms with Crippen LogP contribution in [0.1, 0.15) is 44.7 Å². The largest absolute Gasteiger partial charge is 0.494 e. The first kappa shape index (κ1) is 21.3. The third-order valence-corrected chi connectivity index (χ3v) is 4.29. The Labute approximate surface area is 165 Å². The molecular weight excluding hydrogens is 360 g/mol. The number of esters is 2. The van der Waals surface area contributed by atoms with Crippen molar-refractivity contribution in [3.63, 3.8) is 0 Å². The molecule has 0 amide bonds. The molecule has 0 radical (unpaired) electrons. The minimum Gasteiger partial charge on any atom is -0.494 e.